The quantitative estimate of drug-likeness (QED) is 0.591. The normalized spacial score (nSPS) is 36.2. The monoisotopic (exact) mass is 368 g/mol. The van der Waals surface area contributed by atoms with Crippen LogP contribution in [-0.4, -0.2) is 11.5 Å². The highest BCUT2D eigenvalue weighted by Gasteiger charge is 2.54. The topological polar surface area (TPSA) is 17.1 Å². The minimum absolute atomic E-state index is 0.114. The molecule has 23 heavy (non-hydrogen) atoms. The zero-order chi connectivity index (χ0) is 16.0. The van der Waals surface area contributed by atoms with E-state index >= 15 is 0 Å². The smallest absolute Gasteiger partial charge is 0.133 e. The first kappa shape index (κ1) is 16.3. The molecule has 0 N–H and O–H groups in total. The summed E-state index contributed by atoms with van der Waals surface area (Å²) in [7, 11) is 0. The van der Waals surface area contributed by atoms with Crippen LogP contribution in [-0.2, 0) is 10.5 Å². The van der Waals surface area contributed by atoms with E-state index in [0.717, 1.165) is 29.1 Å². The van der Waals surface area contributed by atoms with Crippen LogP contribution in [0.3, 0.4) is 0 Å². The molecule has 1 aromatic rings. The third-order valence-corrected chi connectivity index (χ3v) is 8.28. The van der Waals surface area contributed by atoms with Crippen LogP contribution < -0.4 is 0 Å². The van der Waals surface area contributed by atoms with Crippen LogP contribution in [0.15, 0.2) is 18.2 Å². The largest absolute Gasteiger partial charge is 0.302 e. The van der Waals surface area contributed by atoms with Crippen molar-refractivity contribution in [2.24, 2.45) is 23.2 Å². The summed E-state index contributed by atoms with van der Waals surface area (Å²) in [4.78, 5) is 11.9. The minimum atomic E-state index is 0.114. The first-order valence-corrected chi connectivity index (χ1v) is 10.4. The Hall–Kier alpha value is -0.180. The molecule has 5 rings (SSSR count). The van der Waals surface area contributed by atoms with Crippen LogP contribution >= 0.6 is 35.0 Å². The molecular formula is C19H22Cl2OS. The molecule has 0 amide bonds. The Balaban J connectivity index is 1.49. The second-order valence-electron chi connectivity index (χ2n) is 7.88. The fraction of sp³-hybridized carbons (Fsp3) is 0.632. The fourth-order valence-corrected chi connectivity index (χ4v) is 7.59. The molecule has 0 aromatic heterocycles. The fourth-order valence-electron chi connectivity index (χ4n) is 5.70. The van der Waals surface area contributed by atoms with Gasteiger partial charge in [-0.2, -0.15) is 0 Å². The van der Waals surface area contributed by atoms with Crippen molar-refractivity contribution in [1.29, 1.82) is 0 Å². The standard InChI is InChI=1S/C19H22Cl2OS/c20-16-2-1-15(17(21)6-16)11-23-18(10-22)19-7-12-3-13(8-19)5-14(4-12)9-19/h1-2,6,10,12-14,18H,3-5,7-9,11H2. The summed E-state index contributed by atoms with van der Waals surface area (Å²) in [5.74, 6) is 3.43. The van der Waals surface area contributed by atoms with E-state index in [2.05, 4.69) is 0 Å². The number of hydrogen-bond donors (Lipinski definition) is 0. The number of halogens is 2. The van der Waals surface area contributed by atoms with E-state index in [9.17, 15) is 4.79 Å². The van der Waals surface area contributed by atoms with Gasteiger partial charge in [-0.1, -0.05) is 29.3 Å². The van der Waals surface area contributed by atoms with Gasteiger partial charge in [0.1, 0.15) is 6.29 Å². The zero-order valence-corrected chi connectivity index (χ0v) is 15.5. The average molecular weight is 369 g/mol. The Morgan fingerprint density at radius 2 is 1.74 bits per heavy atom. The van der Waals surface area contributed by atoms with E-state index in [1.54, 1.807) is 17.8 Å². The van der Waals surface area contributed by atoms with Crippen LogP contribution in [0.25, 0.3) is 0 Å². The molecule has 1 nitrogen and oxygen atoms in total. The van der Waals surface area contributed by atoms with Crippen LogP contribution in [0.2, 0.25) is 10.0 Å². The van der Waals surface area contributed by atoms with Gasteiger partial charge < -0.3 is 4.79 Å². The number of thioether (sulfide) groups is 1. The Morgan fingerprint density at radius 1 is 1.13 bits per heavy atom. The second kappa shape index (κ2) is 6.28. The maximum Gasteiger partial charge on any atom is 0.133 e. The van der Waals surface area contributed by atoms with Crippen molar-refractivity contribution >= 4 is 41.2 Å². The highest BCUT2D eigenvalue weighted by atomic mass is 35.5. The number of benzene rings is 1. The summed E-state index contributed by atoms with van der Waals surface area (Å²) in [6.45, 7) is 0. The van der Waals surface area contributed by atoms with Crippen LogP contribution in [0.5, 0.6) is 0 Å². The van der Waals surface area contributed by atoms with Crippen molar-refractivity contribution in [2.75, 3.05) is 0 Å². The van der Waals surface area contributed by atoms with Crippen LogP contribution in [0.1, 0.15) is 44.1 Å². The van der Waals surface area contributed by atoms with E-state index < -0.39 is 0 Å². The summed E-state index contributed by atoms with van der Waals surface area (Å²) in [6, 6.07) is 5.66. The summed E-state index contributed by atoms with van der Waals surface area (Å²) in [5, 5.41) is 1.49. The van der Waals surface area contributed by atoms with Crippen molar-refractivity contribution in [3.63, 3.8) is 0 Å². The SMILES string of the molecule is O=CC(SCc1ccc(Cl)cc1Cl)C12CC3CC(CC(C3)C1)C2. The maximum absolute atomic E-state index is 11.9. The minimum Gasteiger partial charge on any atom is -0.302 e. The van der Waals surface area contributed by atoms with Gasteiger partial charge in [-0.15, -0.1) is 11.8 Å². The lowest BCUT2D eigenvalue weighted by atomic mass is 9.49. The Morgan fingerprint density at radius 3 is 2.26 bits per heavy atom. The van der Waals surface area contributed by atoms with Gasteiger partial charge in [-0.25, -0.2) is 0 Å². The molecule has 4 aliphatic rings. The van der Waals surface area contributed by atoms with Gasteiger partial charge in [-0.05, 0) is 79.4 Å². The van der Waals surface area contributed by atoms with Crippen molar-refractivity contribution in [2.45, 2.75) is 49.5 Å². The Kier molecular flexibility index (Phi) is 4.45. The maximum atomic E-state index is 11.9. The predicted molar refractivity (Wildman–Crippen MR) is 98.2 cm³/mol. The van der Waals surface area contributed by atoms with E-state index in [1.165, 1.54) is 44.8 Å². The van der Waals surface area contributed by atoms with Gasteiger partial charge in [0.05, 0.1) is 5.25 Å². The van der Waals surface area contributed by atoms with Crippen molar-refractivity contribution in [3.8, 4) is 0 Å². The molecule has 0 radical (unpaired) electrons. The summed E-state index contributed by atoms with van der Waals surface area (Å²) >= 11 is 14.0. The Labute approximate surface area is 152 Å². The highest BCUT2D eigenvalue weighted by Crippen LogP contribution is 2.62. The van der Waals surface area contributed by atoms with Gasteiger partial charge in [0, 0.05) is 15.8 Å². The molecule has 124 valence electrons. The van der Waals surface area contributed by atoms with Gasteiger partial charge >= 0.3 is 0 Å². The lowest BCUT2D eigenvalue weighted by Crippen LogP contribution is -2.51. The second-order valence-corrected chi connectivity index (χ2v) is 9.86. The molecular weight excluding hydrogens is 347 g/mol. The molecule has 0 aliphatic heterocycles. The number of carbonyl (C=O) groups excluding carboxylic acids is 1. The summed E-state index contributed by atoms with van der Waals surface area (Å²) in [6.07, 6.45) is 9.27. The predicted octanol–water partition coefficient (Wildman–Crippen LogP) is 6.01. The molecule has 1 atom stereocenters. The average Bonchev–Trinajstić information content (AvgIpc) is 2.48. The lowest BCUT2D eigenvalue weighted by Gasteiger charge is -2.58. The Bertz CT molecular complexity index is 580. The molecule has 4 fully saturated rings. The molecule has 4 saturated carbocycles. The number of aldehydes is 1. The van der Waals surface area contributed by atoms with E-state index in [-0.39, 0.29) is 10.7 Å². The van der Waals surface area contributed by atoms with E-state index in [0.29, 0.717) is 10.0 Å². The molecule has 1 unspecified atom stereocenters. The first-order valence-electron chi connectivity index (χ1n) is 8.59. The lowest BCUT2D eigenvalue weighted by molar-refractivity contribution is -0.114. The summed E-state index contributed by atoms with van der Waals surface area (Å²) < 4.78 is 0. The van der Waals surface area contributed by atoms with Gasteiger partial charge in [0.15, 0.2) is 0 Å². The van der Waals surface area contributed by atoms with Crippen LogP contribution in [0, 0.1) is 23.2 Å². The van der Waals surface area contributed by atoms with Gasteiger partial charge in [0.2, 0.25) is 0 Å². The number of rotatable bonds is 5. The first-order chi connectivity index (χ1) is 11.1. The summed E-state index contributed by atoms with van der Waals surface area (Å²) in [5.41, 5.74) is 1.35. The zero-order valence-electron chi connectivity index (χ0n) is 13.1. The van der Waals surface area contributed by atoms with Crippen molar-refractivity contribution < 1.29 is 4.79 Å². The third kappa shape index (κ3) is 3.07. The third-order valence-electron chi connectivity index (χ3n) is 6.25. The molecule has 1 aromatic carbocycles. The van der Waals surface area contributed by atoms with Gasteiger partial charge in [-0.3, -0.25) is 0 Å². The number of hydrogen-bond acceptors (Lipinski definition) is 2. The molecule has 4 aliphatic carbocycles. The van der Waals surface area contributed by atoms with Crippen LogP contribution in [0.4, 0.5) is 0 Å². The number of carbonyl (C=O) groups is 1. The molecule has 0 saturated heterocycles. The van der Waals surface area contributed by atoms with Crippen molar-refractivity contribution in [3.05, 3.63) is 33.8 Å². The molecule has 0 spiro atoms. The molecule has 4 heteroatoms. The van der Waals surface area contributed by atoms with Crippen molar-refractivity contribution in [1.82, 2.24) is 0 Å². The highest BCUT2D eigenvalue weighted by molar-refractivity contribution is 7.99. The van der Waals surface area contributed by atoms with E-state index in [4.69, 9.17) is 23.2 Å². The molecule has 0 heterocycles. The van der Waals surface area contributed by atoms with E-state index in [1.807, 2.05) is 12.1 Å². The van der Waals surface area contributed by atoms with Gasteiger partial charge in [0.25, 0.3) is 0 Å². The molecule has 4 bridgehead atoms.